The van der Waals surface area contributed by atoms with E-state index in [0.29, 0.717) is 24.4 Å². The van der Waals surface area contributed by atoms with Crippen LogP contribution in [0.2, 0.25) is 0 Å². The summed E-state index contributed by atoms with van der Waals surface area (Å²) >= 11 is 0. The van der Waals surface area contributed by atoms with Gasteiger partial charge in [-0.15, -0.1) is 0 Å². The Bertz CT molecular complexity index is 399. The molecule has 1 heterocycles. The number of aryl methyl sites for hydroxylation is 1. The summed E-state index contributed by atoms with van der Waals surface area (Å²) in [6, 6.07) is 1.69. The van der Waals surface area contributed by atoms with Crippen molar-refractivity contribution in [2.75, 3.05) is 12.3 Å². The van der Waals surface area contributed by atoms with Crippen LogP contribution in [0.15, 0.2) is 10.6 Å². The lowest BCUT2D eigenvalue weighted by Crippen LogP contribution is -2.27. The van der Waals surface area contributed by atoms with Gasteiger partial charge in [0.05, 0.1) is 18.0 Å². The second kappa shape index (κ2) is 5.24. The zero-order chi connectivity index (χ0) is 11.3. The van der Waals surface area contributed by atoms with Crippen molar-refractivity contribution in [3.05, 3.63) is 17.5 Å². The maximum atomic E-state index is 11.3. The van der Waals surface area contributed by atoms with Crippen LogP contribution in [-0.2, 0) is 16.6 Å². The molecule has 0 spiro atoms. The second-order valence-electron chi connectivity index (χ2n) is 3.21. The summed E-state index contributed by atoms with van der Waals surface area (Å²) in [4.78, 5) is 0. The molecule has 1 rings (SSSR count). The Labute approximate surface area is 88.9 Å². The van der Waals surface area contributed by atoms with Crippen LogP contribution in [0.3, 0.4) is 0 Å². The average Bonchev–Trinajstić information content (AvgIpc) is 2.59. The van der Waals surface area contributed by atoms with Gasteiger partial charge in [-0.1, -0.05) is 5.16 Å². The van der Waals surface area contributed by atoms with E-state index in [2.05, 4.69) is 9.88 Å². The van der Waals surface area contributed by atoms with Crippen LogP contribution in [0, 0.1) is 6.92 Å². The number of nitrogens with two attached hydrogens (primary N) is 1. The topological polar surface area (TPSA) is 98.2 Å². The standard InChI is InChI=1S/C8H15N3O3S/c1-7-5-8(11-14-7)6-10-15(12,13)4-2-3-9/h5,10H,2-4,6,9H2,1H3. The van der Waals surface area contributed by atoms with E-state index in [4.69, 9.17) is 10.3 Å². The fourth-order valence-corrected chi connectivity index (χ4v) is 2.09. The molecule has 0 aliphatic carbocycles. The van der Waals surface area contributed by atoms with Gasteiger partial charge in [-0.2, -0.15) is 0 Å². The first-order valence-corrected chi connectivity index (χ1v) is 6.28. The maximum absolute atomic E-state index is 11.3. The largest absolute Gasteiger partial charge is 0.361 e. The van der Waals surface area contributed by atoms with Crippen molar-refractivity contribution in [2.24, 2.45) is 5.73 Å². The molecule has 1 aromatic heterocycles. The molecule has 0 radical (unpaired) electrons. The molecule has 0 atom stereocenters. The highest BCUT2D eigenvalue weighted by Crippen LogP contribution is 2.01. The Kier molecular flexibility index (Phi) is 4.25. The van der Waals surface area contributed by atoms with E-state index in [9.17, 15) is 8.42 Å². The third-order valence-electron chi connectivity index (χ3n) is 1.77. The molecule has 6 nitrogen and oxygen atoms in total. The Hall–Kier alpha value is -0.920. The molecule has 15 heavy (non-hydrogen) atoms. The Morgan fingerprint density at radius 3 is 2.87 bits per heavy atom. The number of rotatable bonds is 6. The maximum Gasteiger partial charge on any atom is 0.212 e. The van der Waals surface area contributed by atoms with Crippen LogP contribution in [0.5, 0.6) is 0 Å². The van der Waals surface area contributed by atoms with Gasteiger partial charge in [-0.3, -0.25) is 0 Å². The van der Waals surface area contributed by atoms with Crippen molar-refractivity contribution in [2.45, 2.75) is 19.9 Å². The van der Waals surface area contributed by atoms with Crippen molar-refractivity contribution in [1.29, 1.82) is 0 Å². The molecule has 0 amide bonds. The van der Waals surface area contributed by atoms with Gasteiger partial charge in [0.2, 0.25) is 10.0 Å². The van der Waals surface area contributed by atoms with Crippen molar-refractivity contribution < 1.29 is 12.9 Å². The zero-order valence-corrected chi connectivity index (χ0v) is 9.38. The quantitative estimate of drug-likeness (QED) is 0.706. The number of nitrogens with one attached hydrogen (secondary N) is 1. The van der Waals surface area contributed by atoms with Crippen LogP contribution in [0.4, 0.5) is 0 Å². The fraction of sp³-hybridized carbons (Fsp3) is 0.625. The molecule has 0 bridgehead atoms. The monoisotopic (exact) mass is 233 g/mol. The highest BCUT2D eigenvalue weighted by molar-refractivity contribution is 7.89. The summed E-state index contributed by atoms with van der Waals surface area (Å²) in [5.41, 5.74) is 5.80. The number of hydrogen-bond acceptors (Lipinski definition) is 5. The molecule has 0 saturated heterocycles. The van der Waals surface area contributed by atoms with Crippen LogP contribution in [0.25, 0.3) is 0 Å². The van der Waals surface area contributed by atoms with Crippen LogP contribution in [-0.4, -0.2) is 25.9 Å². The van der Waals surface area contributed by atoms with Crippen LogP contribution >= 0.6 is 0 Å². The molecule has 0 aliphatic rings. The van der Waals surface area contributed by atoms with Gasteiger partial charge in [0.15, 0.2) is 0 Å². The van der Waals surface area contributed by atoms with Crippen molar-refractivity contribution >= 4 is 10.0 Å². The van der Waals surface area contributed by atoms with Crippen molar-refractivity contribution in [1.82, 2.24) is 9.88 Å². The van der Waals surface area contributed by atoms with E-state index in [1.807, 2.05) is 0 Å². The first-order valence-electron chi connectivity index (χ1n) is 4.63. The summed E-state index contributed by atoms with van der Waals surface area (Å²) in [5, 5.41) is 3.67. The molecule has 1 aromatic rings. The van der Waals surface area contributed by atoms with E-state index in [0.717, 1.165) is 0 Å². The number of aromatic nitrogens is 1. The van der Waals surface area contributed by atoms with Gasteiger partial charge in [0.1, 0.15) is 5.76 Å². The third kappa shape index (κ3) is 4.41. The lowest BCUT2D eigenvalue weighted by molar-refractivity contribution is 0.390. The highest BCUT2D eigenvalue weighted by atomic mass is 32.2. The molecule has 86 valence electrons. The van der Waals surface area contributed by atoms with E-state index < -0.39 is 10.0 Å². The minimum Gasteiger partial charge on any atom is -0.361 e. The minimum absolute atomic E-state index is 0.0420. The van der Waals surface area contributed by atoms with Crippen LogP contribution in [0.1, 0.15) is 17.9 Å². The van der Waals surface area contributed by atoms with Gasteiger partial charge in [0, 0.05) is 6.07 Å². The molecular weight excluding hydrogens is 218 g/mol. The Morgan fingerprint density at radius 2 is 2.33 bits per heavy atom. The Balaban J connectivity index is 2.42. The van der Waals surface area contributed by atoms with Gasteiger partial charge >= 0.3 is 0 Å². The summed E-state index contributed by atoms with van der Waals surface area (Å²) in [6.45, 7) is 2.27. The molecule has 0 saturated carbocycles. The smallest absolute Gasteiger partial charge is 0.212 e. The molecule has 0 unspecified atom stereocenters. The molecular formula is C8H15N3O3S. The third-order valence-corrected chi connectivity index (χ3v) is 3.18. The number of sulfonamides is 1. The molecule has 0 aromatic carbocycles. The Morgan fingerprint density at radius 1 is 1.60 bits per heavy atom. The molecule has 0 fully saturated rings. The summed E-state index contributed by atoms with van der Waals surface area (Å²) in [6.07, 6.45) is 0.452. The van der Waals surface area contributed by atoms with Gasteiger partial charge in [-0.25, -0.2) is 13.1 Å². The normalized spacial score (nSPS) is 11.9. The minimum atomic E-state index is -3.24. The molecule has 7 heteroatoms. The molecule has 3 N–H and O–H groups in total. The first kappa shape index (κ1) is 12.2. The average molecular weight is 233 g/mol. The fourth-order valence-electron chi connectivity index (χ4n) is 1.03. The summed E-state index contributed by atoms with van der Waals surface area (Å²) in [5.74, 6) is 0.700. The van der Waals surface area contributed by atoms with E-state index in [1.54, 1.807) is 13.0 Å². The first-order chi connectivity index (χ1) is 7.03. The van der Waals surface area contributed by atoms with E-state index in [1.165, 1.54) is 0 Å². The summed E-state index contributed by atoms with van der Waals surface area (Å²) in [7, 11) is -3.24. The lowest BCUT2D eigenvalue weighted by Gasteiger charge is -2.03. The summed E-state index contributed by atoms with van der Waals surface area (Å²) < 4.78 is 29.9. The van der Waals surface area contributed by atoms with Crippen molar-refractivity contribution in [3.8, 4) is 0 Å². The predicted molar refractivity (Wildman–Crippen MR) is 55.5 cm³/mol. The number of nitrogens with zero attached hydrogens (tertiary/aromatic N) is 1. The predicted octanol–water partition coefficient (Wildman–Crippen LogP) is -0.249. The SMILES string of the molecule is Cc1cc(CNS(=O)(=O)CCCN)no1. The lowest BCUT2D eigenvalue weighted by atomic mass is 10.4. The molecule has 0 aliphatic heterocycles. The van der Waals surface area contributed by atoms with Crippen molar-refractivity contribution in [3.63, 3.8) is 0 Å². The van der Waals surface area contributed by atoms with Gasteiger partial charge in [-0.05, 0) is 19.9 Å². The van der Waals surface area contributed by atoms with Crippen LogP contribution < -0.4 is 10.5 Å². The van der Waals surface area contributed by atoms with Gasteiger partial charge in [0.25, 0.3) is 0 Å². The van der Waals surface area contributed by atoms with E-state index in [-0.39, 0.29) is 12.3 Å². The number of hydrogen-bond donors (Lipinski definition) is 2. The highest BCUT2D eigenvalue weighted by Gasteiger charge is 2.10. The van der Waals surface area contributed by atoms with E-state index >= 15 is 0 Å². The second-order valence-corrected chi connectivity index (χ2v) is 5.14. The zero-order valence-electron chi connectivity index (χ0n) is 8.56. The van der Waals surface area contributed by atoms with Gasteiger partial charge < -0.3 is 10.3 Å².